The number of piperidine rings is 1. The Morgan fingerprint density at radius 1 is 1.21 bits per heavy atom. The van der Waals surface area contributed by atoms with Gasteiger partial charge in [0.1, 0.15) is 0 Å². The Balaban J connectivity index is 1.86. The monoisotopic (exact) mass is 255 g/mol. The van der Waals surface area contributed by atoms with E-state index in [1.807, 2.05) is 0 Å². The normalized spacial score (nSPS) is 41.5. The van der Waals surface area contributed by atoms with Crippen LogP contribution in [0.1, 0.15) is 43.7 Å². The van der Waals surface area contributed by atoms with Crippen molar-refractivity contribution in [2.75, 3.05) is 13.6 Å². The second-order valence-electron chi connectivity index (χ2n) is 7.29. The lowest BCUT2D eigenvalue weighted by Crippen LogP contribution is -2.59. The fourth-order valence-corrected chi connectivity index (χ4v) is 5.52. The minimum absolute atomic E-state index is 0.442. The van der Waals surface area contributed by atoms with Gasteiger partial charge >= 0.3 is 0 Å². The average Bonchev–Trinajstić information content (AvgIpc) is 2.44. The molecule has 2 fully saturated rings. The molecular formula is C18H25N. The number of likely N-dealkylation sites (tertiary alicyclic amines) is 1. The molecule has 1 nitrogen and oxygen atoms in total. The van der Waals surface area contributed by atoms with E-state index in [2.05, 4.69) is 43.1 Å². The van der Waals surface area contributed by atoms with Gasteiger partial charge in [0, 0.05) is 6.04 Å². The zero-order valence-electron chi connectivity index (χ0n) is 12.2. The Bertz CT molecular complexity index is 494. The summed E-state index contributed by atoms with van der Waals surface area (Å²) in [7, 11) is 2.35. The van der Waals surface area contributed by atoms with Crippen molar-refractivity contribution in [1.29, 1.82) is 0 Å². The van der Waals surface area contributed by atoms with E-state index in [4.69, 9.17) is 0 Å². The lowest BCUT2D eigenvalue weighted by Gasteiger charge is -2.58. The van der Waals surface area contributed by atoms with E-state index in [0.29, 0.717) is 5.41 Å². The van der Waals surface area contributed by atoms with E-state index in [9.17, 15) is 0 Å². The van der Waals surface area contributed by atoms with Crippen LogP contribution >= 0.6 is 0 Å². The van der Waals surface area contributed by atoms with Gasteiger partial charge in [-0.05, 0) is 67.7 Å². The minimum Gasteiger partial charge on any atom is -0.303 e. The highest BCUT2D eigenvalue weighted by atomic mass is 15.1. The summed E-state index contributed by atoms with van der Waals surface area (Å²) in [4.78, 5) is 2.66. The van der Waals surface area contributed by atoms with Gasteiger partial charge in [0.25, 0.3) is 0 Å². The molecule has 102 valence electrons. The van der Waals surface area contributed by atoms with Crippen LogP contribution in [0.25, 0.3) is 0 Å². The first-order valence-corrected chi connectivity index (χ1v) is 7.99. The van der Waals surface area contributed by atoms with E-state index >= 15 is 0 Å². The van der Waals surface area contributed by atoms with Gasteiger partial charge in [-0.25, -0.2) is 0 Å². The van der Waals surface area contributed by atoms with Crippen molar-refractivity contribution >= 4 is 0 Å². The van der Waals surface area contributed by atoms with Crippen LogP contribution in [0, 0.1) is 11.8 Å². The van der Waals surface area contributed by atoms with Crippen LogP contribution in [0.3, 0.4) is 0 Å². The van der Waals surface area contributed by atoms with Crippen molar-refractivity contribution in [3.63, 3.8) is 0 Å². The molecule has 1 saturated carbocycles. The Labute approximate surface area is 117 Å². The predicted octanol–water partition coefficient (Wildman–Crippen LogP) is 3.62. The van der Waals surface area contributed by atoms with Gasteiger partial charge in [0.2, 0.25) is 0 Å². The van der Waals surface area contributed by atoms with Crippen LogP contribution < -0.4 is 0 Å². The summed E-state index contributed by atoms with van der Waals surface area (Å²) in [6.07, 6.45) is 7.00. The van der Waals surface area contributed by atoms with Gasteiger partial charge in [-0.3, -0.25) is 0 Å². The van der Waals surface area contributed by atoms with E-state index in [-0.39, 0.29) is 0 Å². The smallest absolute Gasteiger partial charge is 0.0132 e. The van der Waals surface area contributed by atoms with Crippen LogP contribution in [0.5, 0.6) is 0 Å². The topological polar surface area (TPSA) is 3.24 Å². The van der Waals surface area contributed by atoms with Crippen LogP contribution in [-0.4, -0.2) is 24.5 Å². The van der Waals surface area contributed by atoms with Gasteiger partial charge in [-0.1, -0.05) is 37.6 Å². The van der Waals surface area contributed by atoms with Crippen molar-refractivity contribution in [3.8, 4) is 0 Å². The van der Waals surface area contributed by atoms with Gasteiger partial charge in [-0.2, -0.15) is 0 Å². The van der Waals surface area contributed by atoms with Gasteiger partial charge in [0.05, 0.1) is 0 Å². The van der Waals surface area contributed by atoms with Gasteiger partial charge in [-0.15, -0.1) is 0 Å². The second-order valence-corrected chi connectivity index (χ2v) is 7.29. The molecule has 0 bridgehead atoms. The molecule has 1 heteroatoms. The van der Waals surface area contributed by atoms with Crippen molar-refractivity contribution in [3.05, 3.63) is 35.4 Å². The Hall–Kier alpha value is -0.820. The molecule has 0 radical (unpaired) electrons. The Morgan fingerprint density at radius 2 is 2.05 bits per heavy atom. The van der Waals surface area contributed by atoms with Crippen molar-refractivity contribution < 1.29 is 0 Å². The fourth-order valence-electron chi connectivity index (χ4n) is 5.52. The quantitative estimate of drug-likeness (QED) is 0.684. The third kappa shape index (κ3) is 1.57. The average molecular weight is 255 g/mol. The molecule has 19 heavy (non-hydrogen) atoms. The summed E-state index contributed by atoms with van der Waals surface area (Å²) in [6, 6.07) is 10.1. The van der Waals surface area contributed by atoms with Crippen LogP contribution in [0.4, 0.5) is 0 Å². The van der Waals surface area contributed by atoms with Gasteiger partial charge in [0.15, 0.2) is 0 Å². The zero-order valence-corrected chi connectivity index (χ0v) is 12.2. The third-order valence-corrected chi connectivity index (χ3v) is 6.40. The summed E-state index contributed by atoms with van der Waals surface area (Å²) in [6.45, 7) is 3.84. The highest BCUT2D eigenvalue weighted by molar-refractivity contribution is 5.39. The molecule has 2 aliphatic carbocycles. The van der Waals surface area contributed by atoms with Crippen LogP contribution in [0.15, 0.2) is 24.3 Å². The number of hydrogen-bond donors (Lipinski definition) is 0. The first kappa shape index (κ1) is 12.0. The lowest BCUT2D eigenvalue weighted by atomic mass is 9.52. The molecule has 2 unspecified atom stereocenters. The molecule has 1 saturated heterocycles. The summed E-state index contributed by atoms with van der Waals surface area (Å²) in [5.41, 5.74) is 3.77. The molecule has 4 rings (SSSR count). The third-order valence-electron chi connectivity index (χ3n) is 6.40. The second kappa shape index (κ2) is 4.09. The molecule has 0 N–H and O–H groups in total. The predicted molar refractivity (Wildman–Crippen MR) is 79.4 cm³/mol. The SMILES string of the molecule is CN1CC[C@@]2(C)c3ccccc3CC3CCCC1[C@H]32. The number of nitrogens with zero attached hydrogens (tertiary/aromatic N) is 1. The fraction of sp³-hybridized carbons (Fsp3) is 0.667. The molecule has 3 aliphatic rings. The van der Waals surface area contributed by atoms with Crippen molar-refractivity contribution in [1.82, 2.24) is 4.90 Å². The number of fused-ring (bicyclic) bond motifs is 2. The Morgan fingerprint density at radius 3 is 2.95 bits per heavy atom. The number of rotatable bonds is 0. The standard InChI is InChI=1S/C18H25N/c1-18-10-11-19(2)16-9-5-7-14(17(16)18)12-13-6-3-4-8-15(13)18/h3-4,6,8,14,16-17H,5,7,9-12H2,1-2H3/t14?,16?,17-,18-/m0/s1. The number of hydrogen-bond acceptors (Lipinski definition) is 1. The van der Waals surface area contributed by atoms with E-state index < -0.39 is 0 Å². The molecule has 1 aliphatic heterocycles. The summed E-state index contributed by atoms with van der Waals surface area (Å²) < 4.78 is 0. The molecule has 0 amide bonds. The zero-order chi connectivity index (χ0) is 13.0. The summed E-state index contributed by atoms with van der Waals surface area (Å²) in [5.74, 6) is 1.83. The first-order valence-electron chi connectivity index (χ1n) is 7.99. The molecule has 0 spiro atoms. The van der Waals surface area contributed by atoms with E-state index in [1.54, 1.807) is 11.1 Å². The summed E-state index contributed by atoms with van der Waals surface area (Å²) >= 11 is 0. The highest BCUT2D eigenvalue weighted by Crippen LogP contribution is 2.54. The number of benzene rings is 1. The van der Waals surface area contributed by atoms with Gasteiger partial charge < -0.3 is 4.90 Å². The first-order chi connectivity index (χ1) is 9.20. The molecule has 1 aromatic carbocycles. The van der Waals surface area contributed by atoms with Crippen LogP contribution in [-0.2, 0) is 11.8 Å². The maximum absolute atomic E-state index is 2.66. The maximum atomic E-state index is 2.66. The molecule has 1 aromatic rings. The van der Waals surface area contributed by atoms with E-state index in [1.165, 1.54) is 38.6 Å². The lowest BCUT2D eigenvalue weighted by molar-refractivity contribution is -0.0220. The molecule has 0 aromatic heterocycles. The Kier molecular flexibility index (Phi) is 2.57. The summed E-state index contributed by atoms with van der Waals surface area (Å²) in [5, 5.41) is 0. The molecule has 4 atom stereocenters. The molecular weight excluding hydrogens is 230 g/mol. The van der Waals surface area contributed by atoms with Crippen molar-refractivity contribution in [2.45, 2.75) is 50.5 Å². The van der Waals surface area contributed by atoms with Crippen LogP contribution in [0.2, 0.25) is 0 Å². The molecule has 1 heterocycles. The minimum atomic E-state index is 0.442. The van der Waals surface area contributed by atoms with E-state index in [0.717, 1.165) is 17.9 Å². The largest absolute Gasteiger partial charge is 0.303 e. The van der Waals surface area contributed by atoms with Crippen molar-refractivity contribution in [2.24, 2.45) is 11.8 Å². The highest BCUT2D eigenvalue weighted by Gasteiger charge is 2.52. The maximum Gasteiger partial charge on any atom is 0.0132 e.